The van der Waals surface area contributed by atoms with Crippen molar-refractivity contribution in [2.45, 2.75) is 45.7 Å². The molecule has 0 fully saturated rings. The predicted molar refractivity (Wildman–Crippen MR) is 151 cm³/mol. The molecule has 0 aromatic heterocycles. The Hall–Kier alpha value is -2.73. The van der Waals surface area contributed by atoms with Gasteiger partial charge >= 0.3 is 0 Å². The highest BCUT2D eigenvalue weighted by Gasteiger charge is 2.30. The smallest absolute Gasteiger partial charge is 0.261 e. The van der Waals surface area contributed by atoms with Crippen molar-refractivity contribution in [1.29, 1.82) is 0 Å². The minimum atomic E-state index is -0.753. The number of nitrogens with one attached hydrogen (secondary N) is 1. The van der Waals surface area contributed by atoms with Crippen LogP contribution in [-0.2, 0) is 22.6 Å². The highest BCUT2D eigenvalue weighted by molar-refractivity contribution is 6.42. The Morgan fingerprint density at radius 1 is 0.919 bits per heavy atom. The second-order valence-corrected chi connectivity index (χ2v) is 10.0. The number of aryl methyl sites for hydroxylation is 1. The summed E-state index contributed by atoms with van der Waals surface area (Å²) in [7, 11) is 0. The van der Waals surface area contributed by atoms with Gasteiger partial charge in [0.05, 0.1) is 10.0 Å². The normalized spacial score (nSPS) is 11.6. The van der Waals surface area contributed by atoms with Crippen LogP contribution < -0.4 is 10.1 Å². The number of benzene rings is 3. The van der Waals surface area contributed by atoms with E-state index in [1.165, 1.54) is 0 Å². The second-order valence-electron chi connectivity index (χ2n) is 8.82. The lowest BCUT2D eigenvalue weighted by Crippen LogP contribution is -2.51. The summed E-state index contributed by atoms with van der Waals surface area (Å²) in [5, 5.41) is 4.42. The average Bonchev–Trinajstić information content (AvgIpc) is 2.89. The van der Waals surface area contributed by atoms with Gasteiger partial charge in [-0.05, 0) is 60.4 Å². The molecule has 3 rings (SSSR count). The number of rotatable bonds is 12. The van der Waals surface area contributed by atoms with Crippen LogP contribution >= 0.6 is 34.8 Å². The number of ether oxygens (including phenoxy) is 1. The van der Waals surface area contributed by atoms with Crippen molar-refractivity contribution in [2.75, 3.05) is 13.2 Å². The molecule has 0 aliphatic rings. The van der Waals surface area contributed by atoms with Crippen LogP contribution in [0.2, 0.25) is 15.1 Å². The second kappa shape index (κ2) is 14.3. The first-order valence-electron chi connectivity index (χ1n) is 12.2. The largest absolute Gasteiger partial charge is 0.484 e. The molecule has 2 amide bonds. The SMILES string of the molecule is CCCCNC(=O)[C@H](Cc1ccccc1)N(Cc1ccc(Cl)c(Cl)c1)C(=O)COc1ccc(Cl)c(C)c1. The zero-order valence-electron chi connectivity index (χ0n) is 21.0. The quantitative estimate of drug-likeness (QED) is 0.245. The number of carbonyl (C=O) groups is 2. The topological polar surface area (TPSA) is 58.6 Å². The lowest BCUT2D eigenvalue weighted by Gasteiger charge is -2.31. The summed E-state index contributed by atoms with van der Waals surface area (Å²) in [5.74, 6) is -0.0185. The predicted octanol–water partition coefficient (Wildman–Crippen LogP) is 6.89. The molecule has 0 aliphatic heterocycles. The van der Waals surface area contributed by atoms with Gasteiger partial charge in [-0.3, -0.25) is 9.59 Å². The summed E-state index contributed by atoms with van der Waals surface area (Å²) < 4.78 is 5.82. The van der Waals surface area contributed by atoms with Crippen LogP contribution in [0.5, 0.6) is 5.75 Å². The number of hydrogen-bond donors (Lipinski definition) is 1. The van der Waals surface area contributed by atoms with Gasteiger partial charge in [0.1, 0.15) is 11.8 Å². The summed E-state index contributed by atoms with van der Waals surface area (Å²) in [4.78, 5) is 28.6. The van der Waals surface area contributed by atoms with Crippen molar-refractivity contribution in [3.05, 3.63) is 98.5 Å². The fourth-order valence-electron chi connectivity index (χ4n) is 3.83. The Labute approximate surface area is 233 Å². The molecule has 5 nitrogen and oxygen atoms in total. The van der Waals surface area contributed by atoms with Gasteiger partial charge in [-0.15, -0.1) is 0 Å². The molecule has 1 N–H and O–H groups in total. The van der Waals surface area contributed by atoms with Crippen LogP contribution in [0.1, 0.15) is 36.5 Å². The Morgan fingerprint density at radius 3 is 2.32 bits per heavy atom. The fourth-order valence-corrected chi connectivity index (χ4v) is 4.27. The maximum atomic E-state index is 13.6. The van der Waals surface area contributed by atoms with Crippen LogP contribution in [-0.4, -0.2) is 35.9 Å². The number of nitrogens with zero attached hydrogens (tertiary/aromatic N) is 1. The molecule has 0 unspecified atom stereocenters. The standard InChI is InChI=1S/C29H31Cl3N2O3/c1-3-4-14-33-29(36)27(17-21-8-6-5-7-9-21)34(18-22-10-12-25(31)26(32)16-22)28(35)19-37-23-11-13-24(30)20(2)15-23/h5-13,15-16,27H,3-4,14,17-19H2,1-2H3,(H,33,36)/t27-/m0/s1. The Kier molecular flexibility index (Phi) is 11.1. The summed E-state index contributed by atoms with van der Waals surface area (Å²) in [5.41, 5.74) is 2.54. The molecule has 0 saturated carbocycles. The third-order valence-corrected chi connectivity index (χ3v) is 7.09. The molecule has 0 heterocycles. The van der Waals surface area contributed by atoms with E-state index in [0.717, 1.165) is 29.5 Å². The van der Waals surface area contributed by atoms with Crippen molar-refractivity contribution in [2.24, 2.45) is 0 Å². The molecule has 0 bridgehead atoms. The van der Waals surface area contributed by atoms with E-state index in [1.54, 1.807) is 41.3 Å². The molecule has 37 heavy (non-hydrogen) atoms. The Balaban J connectivity index is 1.91. The van der Waals surface area contributed by atoms with Crippen molar-refractivity contribution < 1.29 is 14.3 Å². The van der Waals surface area contributed by atoms with Crippen LogP contribution in [0.25, 0.3) is 0 Å². The van der Waals surface area contributed by atoms with E-state index in [2.05, 4.69) is 12.2 Å². The zero-order valence-corrected chi connectivity index (χ0v) is 23.2. The van der Waals surface area contributed by atoms with Gasteiger partial charge in [0, 0.05) is 24.5 Å². The molecule has 196 valence electrons. The van der Waals surface area contributed by atoms with E-state index in [0.29, 0.717) is 33.8 Å². The summed E-state index contributed by atoms with van der Waals surface area (Å²) in [6.07, 6.45) is 2.15. The lowest BCUT2D eigenvalue weighted by atomic mass is 10.0. The third kappa shape index (κ3) is 8.67. The highest BCUT2D eigenvalue weighted by atomic mass is 35.5. The fraction of sp³-hybridized carbons (Fsp3) is 0.310. The van der Waals surface area contributed by atoms with Crippen molar-refractivity contribution >= 4 is 46.6 Å². The van der Waals surface area contributed by atoms with Crippen LogP contribution in [0, 0.1) is 6.92 Å². The number of carbonyl (C=O) groups excluding carboxylic acids is 2. The number of hydrogen-bond acceptors (Lipinski definition) is 3. The van der Waals surface area contributed by atoms with Gasteiger partial charge < -0.3 is 15.0 Å². The van der Waals surface area contributed by atoms with E-state index in [9.17, 15) is 9.59 Å². The van der Waals surface area contributed by atoms with Gasteiger partial charge in [0.25, 0.3) is 5.91 Å². The van der Waals surface area contributed by atoms with E-state index in [4.69, 9.17) is 39.5 Å². The lowest BCUT2D eigenvalue weighted by molar-refractivity contribution is -0.142. The first kappa shape index (κ1) is 28.8. The highest BCUT2D eigenvalue weighted by Crippen LogP contribution is 2.25. The van der Waals surface area contributed by atoms with Gasteiger partial charge in [-0.1, -0.05) is 84.5 Å². The number of amides is 2. The van der Waals surface area contributed by atoms with Crippen LogP contribution in [0.3, 0.4) is 0 Å². The molecule has 8 heteroatoms. The molecular weight excluding hydrogens is 531 g/mol. The van der Waals surface area contributed by atoms with Crippen LogP contribution in [0.4, 0.5) is 0 Å². The minimum Gasteiger partial charge on any atom is -0.484 e. The number of halogens is 3. The Bertz CT molecular complexity index is 1200. The first-order chi connectivity index (χ1) is 17.8. The number of unbranched alkanes of at least 4 members (excludes halogenated alkanes) is 1. The molecular formula is C29H31Cl3N2O3. The molecule has 1 atom stereocenters. The van der Waals surface area contributed by atoms with Crippen molar-refractivity contribution in [3.63, 3.8) is 0 Å². The van der Waals surface area contributed by atoms with Gasteiger partial charge in [-0.25, -0.2) is 0 Å². The Morgan fingerprint density at radius 2 is 1.65 bits per heavy atom. The van der Waals surface area contributed by atoms with Crippen molar-refractivity contribution in [3.8, 4) is 5.75 Å². The molecule has 0 aliphatic carbocycles. The third-order valence-electron chi connectivity index (χ3n) is 5.93. The molecule has 3 aromatic rings. The summed E-state index contributed by atoms with van der Waals surface area (Å²) in [6, 6.07) is 19.3. The minimum absolute atomic E-state index is 0.164. The molecule has 0 spiro atoms. The van der Waals surface area contributed by atoms with E-state index >= 15 is 0 Å². The molecule has 0 saturated heterocycles. The van der Waals surface area contributed by atoms with E-state index in [1.807, 2.05) is 37.3 Å². The average molecular weight is 562 g/mol. The van der Waals surface area contributed by atoms with Gasteiger partial charge in [0.15, 0.2) is 6.61 Å². The first-order valence-corrected chi connectivity index (χ1v) is 13.4. The molecule has 0 radical (unpaired) electrons. The van der Waals surface area contributed by atoms with Gasteiger partial charge in [0.2, 0.25) is 5.91 Å². The summed E-state index contributed by atoms with van der Waals surface area (Å²) >= 11 is 18.5. The van der Waals surface area contributed by atoms with Gasteiger partial charge in [-0.2, -0.15) is 0 Å². The zero-order chi connectivity index (χ0) is 26.8. The monoisotopic (exact) mass is 560 g/mol. The molecule has 3 aromatic carbocycles. The van der Waals surface area contributed by atoms with Crippen molar-refractivity contribution in [1.82, 2.24) is 10.2 Å². The van der Waals surface area contributed by atoms with Crippen LogP contribution in [0.15, 0.2) is 66.7 Å². The van der Waals surface area contributed by atoms with E-state index < -0.39 is 6.04 Å². The summed E-state index contributed by atoms with van der Waals surface area (Å²) in [6.45, 7) is 4.39. The van der Waals surface area contributed by atoms with E-state index in [-0.39, 0.29) is 25.0 Å². The maximum Gasteiger partial charge on any atom is 0.261 e. The maximum absolute atomic E-state index is 13.6.